The van der Waals surface area contributed by atoms with Crippen LogP contribution in [-0.2, 0) is 6.42 Å². The Bertz CT molecular complexity index is 555. The first-order valence-electron chi connectivity index (χ1n) is 6.44. The monoisotopic (exact) mass is 262 g/mol. The zero-order chi connectivity index (χ0) is 12.7. The van der Waals surface area contributed by atoms with Crippen LogP contribution in [0, 0.1) is 0 Å². The van der Waals surface area contributed by atoms with Crippen LogP contribution in [0.4, 0.5) is 0 Å². The Morgan fingerprint density at radius 3 is 3.06 bits per heavy atom. The lowest BCUT2D eigenvalue weighted by molar-refractivity contribution is 0.563. The SMILES string of the molecule is CC(C)n1cncc1-c1nc2c(s1)CCCC2N. The van der Waals surface area contributed by atoms with E-state index in [0.29, 0.717) is 6.04 Å². The Hall–Kier alpha value is -1.20. The summed E-state index contributed by atoms with van der Waals surface area (Å²) in [6.07, 6.45) is 7.13. The van der Waals surface area contributed by atoms with E-state index in [1.807, 2.05) is 12.5 Å². The van der Waals surface area contributed by atoms with E-state index in [4.69, 9.17) is 10.7 Å². The van der Waals surface area contributed by atoms with Gasteiger partial charge in [-0.3, -0.25) is 0 Å². The zero-order valence-corrected chi connectivity index (χ0v) is 11.6. The second-order valence-electron chi connectivity index (χ2n) is 5.11. The van der Waals surface area contributed by atoms with E-state index in [2.05, 4.69) is 23.4 Å². The lowest BCUT2D eigenvalue weighted by atomic mass is 9.99. The number of aromatic nitrogens is 3. The van der Waals surface area contributed by atoms with Crippen LogP contribution in [0.25, 0.3) is 10.7 Å². The molecule has 0 aromatic carbocycles. The number of hydrogen-bond acceptors (Lipinski definition) is 4. The molecule has 5 heteroatoms. The number of rotatable bonds is 2. The predicted molar refractivity (Wildman–Crippen MR) is 73.6 cm³/mol. The molecule has 18 heavy (non-hydrogen) atoms. The van der Waals surface area contributed by atoms with Crippen LogP contribution >= 0.6 is 11.3 Å². The van der Waals surface area contributed by atoms with Crippen molar-refractivity contribution in [1.29, 1.82) is 0 Å². The van der Waals surface area contributed by atoms with Crippen LogP contribution in [0.5, 0.6) is 0 Å². The molecule has 2 aromatic heterocycles. The average molecular weight is 262 g/mol. The number of nitrogens with two attached hydrogens (primary N) is 1. The van der Waals surface area contributed by atoms with Crippen molar-refractivity contribution in [2.45, 2.75) is 45.2 Å². The van der Waals surface area contributed by atoms with Gasteiger partial charge in [-0.2, -0.15) is 0 Å². The van der Waals surface area contributed by atoms with Gasteiger partial charge in [0.1, 0.15) is 5.01 Å². The van der Waals surface area contributed by atoms with Gasteiger partial charge < -0.3 is 10.3 Å². The second-order valence-corrected chi connectivity index (χ2v) is 6.19. The van der Waals surface area contributed by atoms with E-state index in [1.54, 1.807) is 11.3 Å². The van der Waals surface area contributed by atoms with E-state index >= 15 is 0 Å². The number of nitrogens with zero attached hydrogens (tertiary/aromatic N) is 3. The Labute approximate surface area is 111 Å². The summed E-state index contributed by atoms with van der Waals surface area (Å²) in [7, 11) is 0. The van der Waals surface area contributed by atoms with Gasteiger partial charge in [-0.25, -0.2) is 9.97 Å². The summed E-state index contributed by atoms with van der Waals surface area (Å²) in [5.41, 5.74) is 8.35. The number of hydrogen-bond donors (Lipinski definition) is 1. The van der Waals surface area contributed by atoms with Crippen LogP contribution < -0.4 is 5.73 Å². The topological polar surface area (TPSA) is 56.7 Å². The molecule has 2 N–H and O–H groups in total. The highest BCUT2D eigenvalue weighted by atomic mass is 32.1. The molecule has 2 aromatic rings. The van der Waals surface area contributed by atoms with Crippen LogP contribution in [-0.4, -0.2) is 14.5 Å². The molecule has 0 saturated carbocycles. The third-order valence-corrected chi connectivity index (χ3v) is 4.59. The predicted octanol–water partition coefficient (Wildman–Crippen LogP) is 2.92. The van der Waals surface area contributed by atoms with Crippen molar-refractivity contribution in [3.8, 4) is 10.7 Å². The van der Waals surface area contributed by atoms with E-state index in [9.17, 15) is 0 Å². The lowest BCUT2D eigenvalue weighted by Crippen LogP contribution is -2.16. The first-order chi connectivity index (χ1) is 8.66. The molecule has 1 aliphatic carbocycles. The fourth-order valence-corrected chi connectivity index (χ4v) is 3.63. The molecule has 0 bridgehead atoms. The molecule has 0 spiro atoms. The standard InChI is InChI=1S/C13H18N4S/c1-8(2)17-7-15-6-10(17)13-16-12-9(14)4-3-5-11(12)18-13/h6-9H,3-5,14H2,1-2H3. The van der Waals surface area contributed by atoms with Crippen molar-refractivity contribution in [3.63, 3.8) is 0 Å². The van der Waals surface area contributed by atoms with Gasteiger partial charge in [-0.05, 0) is 33.1 Å². The van der Waals surface area contributed by atoms with Gasteiger partial charge in [0, 0.05) is 17.0 Å². The lowest BCUT2D eigenvalue weighted by Gasteiger charge is -2.15. The summed E-state index contributed by atoms with van der Waals surface area (Å²) in [4.78, 5) is 10.4. The minimum absolute atomic E-state index is 0.120. The van der Waals surface area contributed by atoms with Crippen molar-refractivity contribution < 1.29 is 0 Å². The van der Waals surface area contributed by atoms with Crippen LogP contribution in [0.2, 0.25) is 0 Å². The Kier molecular flexibility index (Phi) is 2.95. The molecule has 96 valence electrons. The molecule has 3 rings (SSSR count). The molecule has 1 unspecified atom stereocenters. The summed E-state index contributed by atoms with van der Waals surface area (Å²) in [5.74, 6) is 0. The number of fused-ring (bicyclic) bond motifs is 1. The molecule has 0 aliphatic heterocycles. The Morgan fingerprint density at radius 2 is 2.33 bits per heavy atom. The van der Waals surface area contributed by atoms with Gasteiger partial charge in [0.15, 0.2) is 0 Å². The zero-order valence-electron chi connectivity index (χ0n) is 10.8. The van der Waals surface area contributed by atoms with Gasteiger partial charge in [0.05, 0.1) is 23.9 Å². The minimum Gasteiger partial charge on any atom is -0.326 e. The Balaban J connectivity index is 2.05. The van der Waals surface area contributed by atoms with Crippen LogP contribution in [0.15, 0.2) is 12.5 Å². The molecule has 0 fully saturated rings. The summed E-state index contributed by atoms with van der Waals surface area (Å²) in [6.45, 7) is 4.31. The largest absolute Gasteiger partial charge is 0.326 e. The maximum absolute atomic E-state index is 6.13. The molecule has 0 amide bonds. The second kappa shape index (κ2) is 4.48. The third-order valence-electron chi connectivity index (χ3n) is 3.44. The summed E-state index contributed by atoms with van der Waals surface area (Å²) < 4.78 is 2.16. The molecule has 2 heterocycles. The minimum atomic E-state index is 0.120. The van der Waals surface area contributed by atoms with Gasteiger partial charge in [-0.1, -0.05) is 0 Å². The van der Waals surface area contributed by atoms with Gasteiger partial charge in [-0.15, -0.1) is 11.3 Å². The van der Waals surface area contributed by atoms with Crippen molar-refractivity contribution in [2.24, 2.45) is 5.73 Å². The highest BCUT2D eigenvalue weighted by Gasteiger charge is 2.23. The maximum Gasteiger partial charge on any atom is 0.142 e. The number of thiazole rings is 1. The van der Waals surface area contributed by atoms with Crippen molar-refractivity contribution in [3.05, 3.63) is 23.1 Å². The molecule has 1 atom stereocenters. The van der Waals surface area contributed by atoms with E-state index in [-0.39, 0.29) is 6.04 Å². The van der Waals surface area contributed by atoms with Gasteiger partial charge >= 0.3 is 0 Å². The normalized spacial score (nSPS) is 19.2. The Morgan fingerprint density at radius 1 is 1.50 bits per heavy atom. The molecule has 0 saturated heterocycles. The van der Waals surface area contributed by atoms with Crippen LogP contribution in [0.1, 0.15) is 49.3 Å². The first-order valence-corrected chi connectivity index (χ1v) is 7.26. The van der Waals surface area contributed by atoms with E-state index in [0.717, 1.165) is 29.2 Å². The van der Waals surface area contributed by atoms with Crippen molar-refractivity contribution >= 4 is 11.3 Å². The molecule has 4 nitrogen and oxygen atoms in total. The van der Waals surface area contributed by atoms with E-state index in [1.165, 1.54) is 11.3 Å². The van der Waals surface area contributed by atoms with Crippen molar-refractivity contribution in [1.82, 2.24) is 14.5 Å². The number of aryl methyl sites for hydroxylation is 1. The summed E-state index contributed by atoms with van der Waals surface area (Å²) >= 11 is 1.78. The molecule has 0 radical (unpaired) electrons. The fourth-order valence-electron chi connectivity index (χ4n) is 2.44. The molecular weight excluding hydrogens is 244 g/mol. The molecule has 1 aliphatic rings. The average Bonchev–Trinajstić information content (AvgIpc) is 2.95. The quantitative estimate of drug-likeness (QED) is 0.905. The smallest absolute Gasteiger partial charge is 0.142 e. The maximum atomic E-state index is 6.13. The van der Waals surface area contributed by atoms with Gasteiger partial charge in [0.2, 0.25) is 0 Å². The van der Waals surface area contributed by atoms with Crippen LogP contribution in [0.3, 0.4) is 0 Å². The number of imidazole rings is 1. The summed E-state index contributed by atoms with van der Waals surface area (Å²) in [5, 5.41) is 1.06. The summed E-state index contributed by atoms with van der Waals surface area (Å²) in [6, 6.07) is 0.520. The van der Waals surface area contributed by atoms with Gasteiger partial charge in [0.25, 0.3) is 0 Å². The fraction of sp³-hybridized carbons (Fsp3) is 0.538. The first kappa shape index (κ1) is 11.9. The van der Waals surface area contributed by atoms with Crippen molar-refractivity contribution in [2.75, 3.05) is 0 Å². The highest BCUT2D eigenvalue weighted by molar-refractivity contribution is 7.15. The highest BCUT2D eigenvalue weighted by Crippen LogP contribution is 2.36. The van der Waals surface area contributed by atoms with E-state index < -0.39 is 0 Å². The third kappa shape index (κ3) is 1.87. The molecular formula is C13H18N4S.